The SMILES string of the molecule is CCCC1CC(=O)NC(SCC(=O)Nc2cc(OC)ccc2OC)N1. The van der Waals surface area contributed by atoms with Crippen molar-refractivity contribution in [3.8, 4) is 11.5 Å². The van der Waals surface area contributed by atoms with Crippen LogP contribution in [0.15, 0.2) is 18.2 Å². The first kappa shape index (κ1) is 19.4. The van der Waals surface area contributed by atoms with Crippen LogP contribution in [-0.2, 0) is 9.59 Å². The molecule has 3 N–H and O–H groups in total. The van der Waals surface area contributed by atoms with Crippen LogP contribution in [-0.4, -0.2) is 43.3 Å². The van der Waals surface area contributed by atoms with Gasteiger partial charge >= 0.3 is 0 Å². The lowest BCUT2D eigenvalue weighted by Gasteiger charge is -2.30. The predicted octanol–water partition coefficient (Wildman–Crippen LogP) is 1.94. The Morgan fingerprint density at radius 1 is 1.36 bits per heavy atom. The predicted molar refractivity (Wildman–Crippen MR) is 99.0 cm³/mol. The maximum atomic E-state index is 12.2. The van der Waals surface area contributed by atoms with E-state index in [1.807, 2.05) is 0 Å². The van der Waals surface area contributed by atoms with Crippen LogP contribution in [0.5, 0.6) is 11.5 Å². The van der Waals surface area contributed by atoms with Gasteiger partial charge in [-0.1, -0.05) is 13.3 Å². The molecule has 0 aromatic heterocycles. The molecule has 1 heterocycles. The summed E-state index contributed by atoms with van der Waals surface area (Å²) in [4.78, 5) is 24.0. The van der Waals surface area contributed by atoms with E-state index in [0.29, 0.717) is 23.6 Å². The molecule has 2 atom stereocenters. The van der Waals surface area contributed by atoms with Crippen LogP contribution in [0.2, 0.25) is 0 Å². The molecule has 138 valence electrons. The number of anilines is 1. The second-order valence-electron chi connectivity index (χ2n) is 5.73. The quantitative estimate of drug-likeness (QED) is 0.651. The van der Waals surface area contributed by atoms with Crippen LogP contribution in [0, 0.1) is 0 Å². The highest BCUT2D eigenvalue weighted by Crippen LogP contribution is 2.29. The summed E-state index contributed by atoms with van der Waals surface area (Å²) in [5.74, 6) is 1.24. The van der Waals surface area contributed by atoms with Gasteiger partial charge in [-0.2, -0.15) is 0 Å². The molecule has 8 heteroatoms. The summed E-state index contributed by atoms with van der Waals surface area (Å²) in [6.45, 7) is 2.09. The zero-order chi connectivity index (χ0) is 18.2. The molecule has 1 aliphatic rings. The molecule has 1 aromatic carbocycles. The van der Waals surface area contributed by atoms with Gasteiger partial charge in [0.05, 0.1) is 25.7 Å². The molecule has 1 fully saturated rings. The number of methoxy groups -OCH3 is 2. The van der Waals surface area contributed by atoms with E-state index < -0.39 is 0 Å². The topological polar surface area (TPSA) is 88.7 Å². The van der Waals surface area contributed by atoms with Crippen molar-refractivity contribution in [2.45, 2.75) is 37.7 Å². The Balaban J connectivity index is 1.89. The number of benzene rings is 1. The molecule has 2 rings (SSSR count). The third-order valence-electron chi connectivity index (χ3n) is 3.81. The number of thioether (sulfide) groups is 1. The normalized spacial score (nSPS) is 19.9. The molecule has 2 unspecified atom stereocenters. The number of amides is 2. The van der Waals surface area contributed by atoms with Gasteiger partial charge in [-0.15, -0.1) is 11.8 Å². The van der Waals surface area contributed by atoms with Gasteiger partial charge in [0.2, 0.25) is 11.8 Å². The Labute approximate surface area is 152 Å². The number of nitrogens with one attached hydrogen (secondary N) is 3. The lowest BCUT2D eigenvalue weighted by molar-refractivity contribution is -0.123. The Kier molecular flexibility index (Phi) is 7.39. The Morgan fingerprint density at radius 2 is 2.16 bits per heavy atom. The van der Waals surface area contributed by atoms with Gasteiger partial charge in [0.1, 0.15) is 17.0 Å². The van der Waals surface area contributed by atoms with Crippen molar-refractivity contribution in [1.29, 1.82) is 0 Å². The fourth-order valence-electron chi connectivity index (χ4n) is 2.62. The molecule has 25 heavy (non-hydrogen) atoms. The van der Waals surface area contributed by atoms with Crippen molar-refractivity contribution in [2.24, 2.45) is 0 Å². The highest BCUT2D eigenvalue weighted by molar-refractivity contribution is 8.00. The van der Waals surface area contributed by atoms with Crippen LogP contribution in [0.4, 0.5) is 5.69 Å². The zero-order valence-corrected chi connectivity index (χ0v) is 15.6. The highest BCUT2D eigenvalue weighted by atomic mass is 32.2. The lowest BCUT2D eigenvalue weighted by atomic mass is 10.1. The molecule has 0 bridgehead atoms. The van der Waals surface area contributed by atoms with Crippen LogP contribution in [0.3, 0.4) is 0 Å². The van der Waals surface area contributed by atoms with Crippen molar-refractivity contribution >= 4 is 29.3 Å². The van der Waals surface area contributed by atoms with E-state index >= 15 is 0 Å². The van der Waals surface area contributed by atoms with Gasteiger partial charge < -0.3 is 20.1 Å². The van der Waals surface area contributed by atoms with Crippen molar-refractivity contribution in [3.05, 3.63) is 18.2 Å². The number of carbonyl (C=O) groups is 2. The molecule has 0 spiro atoms. The summed E-state index contributed by atoms with van der Waals surface area (Å²) in [5.41, 5.74) is 0.299. The first-order chi connectivity index (χ1) is 12.0. The van der Waals surface area contributed by atoms with E-state index in [1.165, 1.54) is 11.8 Å². The van der Waals surface area contributed by atoms with E-state index in [2.05, 4.69) is 22.9 Å². The van der Waals surface area contributed by atoms with Gasteiger partial charge in [0.15, 0.2) is 0 Å². The number of carbonyl (C=O) groups excluding carboxylic acids is 2. The Bertz CT molecular complexity index is 612. The second-order valence-corrected chi connectivity index (χ2v) is 6.82. The van der Waals surface area contributed by atoms with E-state index in [0.717, 1.165) is 12.8 Å². The smallest absolute Gasteiger partial charge is 0.234 e. The molecule has 0 saturated carbocycles. The highest BCUT2D eigenvalue weighted by Gasteiger charge is 2.25. The average molecular weight is 367 g/mol. The monoisotopic (exact) mass is 367 g/mol. The largest absolute Gasteiger partial charge is 0.497 e. The first-order valence-corrected chi connectivity index (χ1v) is 9.29. The number of hydrogen-bond donors (Lipinski definition) is 3. The molecule has 0 radical (unpaired) electrons. The molecule has 1 aliphatic heterocycles. The van der Waals surface area contributed by atoms with Crippen molar-refractivity contribution in [2.75, 3.05) is 25.3 Å². The molecule has 1 saturated heterocycles. The van der Waals surface area contributed by atoms with Crippen molar-refractivity contribution in [3.63, 3.8) is 0 Å². The van der Waals surface area contributed by atoms with Gasteiger partial charge in [-0.25, -0.2) is 0 Å². The summed E-state index contributed by atoms with van der Waals surface area (Å²) in [6.07, 6.45) is 2.44. The van der Waals surface area contributed by atoms with Crippen LogP contribution < -0.4 is 25.4 Å². The van der Waals surface area contributed by atoms with Crippen LogP contribution in [0.1, 0.15) is 26.2 Å². The van der Waals surface area contributed by atoms with Crippen LogP contribution in [0.25, 0.3) is 0 Å². The summed E-state index contributed by atoms with van der Waals surface area (Å²) < 4.78 is 10.4. The van der Waals surface area contributed by atoms with E-state index in [4.69, 9.17) is 9.47 Å². The van der Waals surface area contributed by atoms with Gasteiger partial charge in [-0.3, -0.25) is 14.9 Å². The maximum absolute atomic E-state index is 12.2. The minimum Gasteiger partial charge on any atom is -0.497 e. The zero-order valence-electron chi connectivity index (χ0n) is 14.8. The Hall–Kier alpha value is -1.93. The van der Waals surface area contributed by atoms with Crippen LogP contribution >= 0.6 is 11.8 Å². The standard InChI is InChI=1S/C17H25N3O4S/c1-4-5-11-8-15(21)20-17(18-11)25-10-16(22)19-13-9-12(23-2)6-7-14(13)24-3/h6-7,9,11,17-18H,4-5,8,10H2,1-3H3,(H,19,22)(H,20,21). The number of rotatable bonds is 8. The van der Waals surface area contributed by atoms with Crippen molar-refractivity contribution in [1.82, 2.24) is 10.6 Å². The number of ether oxygens (including phenoxy) is 2. The maximum Gasteiger partial charge on any atom is 0.234 e. The summed E-state index contributed by atoms with van der Waals surface area (Å²) in [6, 6.07) is 5.37. The van der Waals surface area contributed by atoms with Crippen molar-refractivity contribution < 1.29 is 19.1 Å². The second kappa shape index (κ2) is 9.53. The molecule has 7 nitrogen and oxygen atoms in total. The van der Waals surface area contributed by atoms with E-state index in [9.17, 15) is 9.59 Å². The van der Waals surface area contributed by atoms with Gasteiger partial charge in [0.25, 0.3) is 0 Å². The molecular weight excluding hydrogens is 342 g/mol. The third-order valence-corrected chi connectivity index (χ3v) is 4.83. The molecule has 0 aliphatic carbocycles. The average Bonchev–Trinajstić information content (AvgIpc) is 2.59. The molecular formula is C17H25N3O4S. The fourth-order valence-corrected chi connectivity index (χ4v) is 3.52. The molecule has 2 amide bonds. The summed E-state index contributed by atoms with van der Waals surface area (Å²) in [7, 11) is 3.11. The molecule has 1 aromatic rings. The minimum atomic E-state index is -0.254. The number of hydrogen-bond acceptors (Lipinski definition) is 6. The third kappa shape index (κ3) is 5.82. The fraction of sp³-hybridized carbons (Fsp3) is 0.529. The first-order valence-electron chi connectivity index (χ1n) is 8.24. The Morgan fingerprint density at radius 3 is 2.84 bits per heavy atom. The van der Waals surface area contributed by atoms with Gasteiger partial charge in [0, 0.05) is 18.5 Å². The lowest BCUT2D eigenvalue weighted by Crippen LogP contribution is -2.54. The summed E-state index contributed by atoms with van der Waals surface area (Å²) in [5, 5.41) is 9.02. The minimum absolute atomic E-state index is 0.0181. The summed E-state index contributed by atoms with van der Waals surface area (Å²) >= 11 is 1.35. The van der Waals surface area contributed by atoms with Gasteiger partial charge in [-0.05, 0) is 18.6 Å². The van der Waals surface area contributed by atoms with E-state index in [-0.39, 0.29) is 29.1 Å². The van der Waals surface area contributed by atoms with E-state index in [1.54, 1.807) is 32.4 Å².